The van der Waals surface area contributed by atoms with Gasteiger partial charge < -0.3 is 5.32 Å². The van der Waals surface area contributed by atoms with Gasteiger partial charge in [-0.1, -0.05) is 0 Å². The van der Waals surface area contributed by atoms with Crippen LogP contribution < -0.4 is 5.32 Å². The molecule has 0 saturated heterocycles. The first-order valence-electron chi connectivity index (χ1n) is 2.50. The second kappa shape index (κ2) is 2.31. The largest absolute Gasteiger partial charge is 0.353 e. The lowest BCUT2D eigenvalue weighted by Crippen LogP contribution is -1.97. The quantitative estimate of drug-likeness (QED) is 0.492. The predicted octanol–water partition coefficient (Wildman–Crippen LogP) is 1.04. The van der Waals surface area contributed by atoms with E-state index in [9.17, 15) is 0 Å². The first-order valence-corrected chi connectivity index (χ1v) is 2.50. The van der Waals surface area contributed by atoms with Crippen LogP contribution in [0.25, 0.3) is 0 Å². The fraction of sp³-hybridized carbons (Fsp3) is 0.167. The molecule has 0 unspecified atom stereocenters. The number of rotatable bonds is 0. The Hall–Kier alpha value is -1.05. The van der Waals surface area contributed by atoms with Crippen molar-refractivity contribution in [2.24, 2.45) is 4.99 Å². The highest BCUT2D eigenvalue weighted by Gasteiger charge is 1.80. The molecule has 1 aliphatic rings. The second-order valence-electron chi connectivity index (χ2n) is 1.65. The number of nitrogens with zero attached hydrogens (tertiary/aromatic N) is 1. The molecule has 1 aliphatic heterocycles. The molecule has 0 atom stereocenters. The van der Waals surface area contributed by atoms with Crippen molar-refractivity contribution in [1.82, 2.24) is 5.32 Å². The normalized spacial score (nSPS) is 16.9. The first kappa shape index (κ1) is 5.09. The van der Waals surface area contributed by atoms with Crippen LogP contribution >= 0.6 is 0 Å². The van der Waals surface area contributed by atoms with E-state index in [1.165, 1.54) is 0 Å². The number of allylic oxidation sites excluding steroid dienone is 2. The molecule has 0 bridgehead atoms. The summed E-state index contributed by atoms with van der Waals surface area (Å²) in [6.07, 6.45) is 7.26. The predicted molar refractivity (Wildman–Crippen MR) is 34.5 cm³/mol. The summed E-state index contributed by atoms with van der Waals surface area (Å²) in [5.74, 6) is 0. The Kier molecular flexibility index (Phi) is 1.47. The topological polar surface area (TPSA) is 24.4 Å². The van der Waals surface area contributed by atoms with Crippen molar-refractivity contribution in [2.75, 3.05) is 0 Å². The fourth-order valence-corrected chi connectivity index (χ4v) is 0.463. The van der Waals surface area contributed by atoms with E-state index in [-0.39, 0.29) is 0 Å². The van der Waals surface area contributed by atoms with Crippen LogP contribution in [0.1, 0.15) is 6.92 Å². The van der Waals surface area contributed by atoms with E-state index in [0.717, 1.165) is 5.57 Å². The number of hydrogen-bond acceptors (Lipinski definition) is 2. The van der Waals surface area contributed by atoms with Gasteiger partial charge in [0.15, 0.2) is 0 Å². The van der Waals surface area contributed by atoms with Crippen molar-refractivity contribution in [2.45, 2.75) is 6.92 Å². The fourth-order valence-electron chi connectivity index (χ4n) is 0.463. The molecule has 0 aromatic rings. The third-order valence-corrected chi connectivity index (χ3v) is 0.870. The summed E-state index contributed by atoms with van der Waals surface area (Å²) >= 11 is 0. The average molecular weight is 108 g/mol. The SMILES string of the molecule is CC1=CN=CNC=C1. The van der Waals surface area contributed by atoms with Gasteiger partial charge in [0.1, 0.15) is 0 Å². The van der Waals surface area contributed by atoms with Crippen molar-refractivity contribution in [3.05, 3.63) is 24.0 Å². The van der Waals surface area contributed by atoms with E-state index in [4.69, 9.17) is 0 Å². The molecule has 1 N–H and O–H groups in total. The molecule has 2 nitrogen and oxygen atoms in total. The van der Waals surface area contributed by atoms with Gasteiger partial charge in [0, 0.05) is 12.4 Å². The van der Waals surface area contributed by atoms with Crippen LogP contribution in [0, 0.1) is 0 Å². The molecule has 8 heavy (non-hydrogen) atoms. The molecule has 1 rings (SSSR count). The molecular weight excluding hydrogens is 100 g/mol. The molecule has 1 heterocycles. The van der Waals surface area contributed by atoms with Crippen LogP contribution in [0.3, 0.4) is 0 Å². The van der Waals surface area contributed by atoms with Crippen molar-refractivity contribution < 1.29 is 0 Å². The van der Waals surface area contributed by atoms with Crippen LogP contribution in [0.5, 0.6) is 0 Å². The Balaban J connectivity index is 2.73. The minimum absolute atomic E-state index is 1.16. The van der Waals surface area contributed by atoms with Crippen LogP contribution in [0.15, 0.2) is 29.0 Å². The van der Waals surface area contributed by atoms with Gasteiger partial charge in [0.05, 0.1) is 6.34 Å². The lowest BCUT2D eigenvalue weighted by atomic mass is 10.3. The lowest BCUT2D eigenvalue weighted by molar-refractivity contribution is 1.32. The standard InChI is InChI=1S/C6H8N2/c1-6-2-3-7-5-8-4-6/h2-5H,1H3,(H,7,8). The summed E-state index contributed by atoms with van der Waals surface area (Å²) in [7, 11) is 0. The van der Waals surface area contributed by atoms with Crippen molar-refractivity contribution in [1.29, 1.82) is 0 Å². The second-order valence-corrected chi connectivity index (χ2v) is 1.65. The van der Waals surface area contributed by atoms with E-state index >= 15 is 0 Å². The Morgan fingerprint density at radius 1 is 1.62 bits per heavy atom. The minimum Gasteiger partial charge on any atom is -0.353 e. The highest BCUT2D eigenvalue weighted by molar-refractivity contribution is 5.58. The highest BCUT2D eigenvalue weighted by atomic mass is 14.9. The van der Waals surface area contributed by atoms with E-state index in [2.05, 4.69) is 10.3 Å². The van der Waals surface area contributed by atoms with Crippen LogP contribution in [0.4, 0.5) is 0 Å². The Morgan fingerprint density at radius 3 is 3.38 bits per heavy atom. The summed E-state index contributed by atoms with van der Waals surface area (Å²) in [6, 6.07) is 0. The van der Waals surface area contributed by atoms with Crippen molar-refractivity contribution in [3.63, 3.8) is 0 Å². The molecule has 0 aliphatic carbocycles. The maximum absolute atomic E-state index is 3.89. The summed E-state index contributed by atoms with van der Waals surface area (Å²) in [5.41, 5.74) is 1.16. The Labute approximate surface area is 48.6 Å². The van der Waals surface area contributed by atoms with Gasteiger partial charge in [0.2, 0.25) is 0 Å². The monoisotopic (exact) mass is 108 g/mol. The van der Waals surface area contributed by atoms with E-state index in [0.29, 0.717) is 0 Å². The molecule has 0 radical (unpaired) electrons. The van der Waals surface area contributed by atoms with Gasteiger partial charge >= 0.3 is 0 Å². The highest BCUT2D eigenvalue weighted by Crippen LogP contribution is 1.94. The third kappa shape index (κ3) is 1.22. The molecule has 0 aromatic heterocycles. The van der Waals surface area contributed by atoms with E-state index in [1.54, 1.807) is 12.5 Å². The molecule has 0 fully saturated rings. The van der Waals surface area contributed by atoms with Crippen LogP contribution in [-0.2, 0) is 0 Å². The lowest BCUT2D eigenvalue weighted by Gasteiger charge is -1.80. The molecular formula is C6H8N2. The summed E-state index contributed by atoms with van der Waals surface area (Å²) in [6.45, 7) is 2.00. The molecule has 0 saturated carbocycles. The number of hydrogen-bond donors (Lipinski definition) is 1. The van der Waals surface area contributed by atoms with Crippen LogP contribution in [-0.4, -0.2) is 6.34 Å². The Morgan fingerprint density at radius 2 is 2.50 bits per heavy atom. The van der Waals surface area contributed by atoms with Gasteiger partial charge in [-0.15, -0.1) is 0 Å². The van der Waals surface area contributed by atoms with Gasteiger partial charge in [0.25, 0.3) is 0 Å². The minimum atomic E-state index is 1.16. The molecule has 0 amide bonds. The van der Waals surface area contributed by atoms with E-state index < -0.39 is 0 Å². The van der Waals surface area contributed by atoms with Crippen molar-refractivity contribution >= 4 is 6.34 Å². The van der Waals surface area contributed by atoms with Crippen molar-refractivity contribution in [3.8, 4) is 0 Å². The Bertz CT molecular complexity index is 154. The number of nitrogens with one attached hydrogen (secondary N) is 1. The molecule has 2 heteroatoms. The zero-order valence-electron chi connectivity index (χ0n) is 4.76. The molecule has 0 spiro atoms. The first-order chi connectivity index (χ1) is 3.89. The maximum Gasteiger partial charge on any atom is 0.0918 e. The zero-order valence-corrected chi connectivity index (χ0v) is 4.76. The third-order valence-electron chi connectivity index (χ3n) is 0.870. The number of aliphatic imine (C=N–C) groups is 1. The summed E-state index contributed by atoms with van der Waals surface area (Å²) in [5, 5.41) is 2.85. The smallest absolute Gasteiger partial charge is 0.0918 e. The maximum atomic E-state index is 3.89. The molecule has 42 valence electrons. The van der Waals surface area contributed by atoms with Crippen LogP contribution in [0.2, 0.25) is 0 Å². The van der Waals surface area contributed by atoms with Gasteiger partial charge in [-0.3, -0.25) is 0 Å². The summed E-state index contributed by atoms with van der Waals surface area (Å²) < 4.78 is 0. The zero-order chi connectivity index (χ0) is 5.82. The molecule has 0 aromatic carbocycles. The summed E-state index contributed by atoms with van der Waals surface area (Å²) in [4.78, 5) is 3.89. The van der Waals surface area contributed by atoms with Gasteiger partial charge in [-0.25, -0.2) is 4.99 Å². The van der Waals surface area contributed by atoms with Gasteiger partial charge in [-0.05, 0) is 18.6 Å². The van der Waals surface area contributed by atoms with Gasteiger partial charge in [-0.2, -0.15) is 0 Å². The van der Waals surface area contributed by atoms with E-state index in [1.807, 2.05) is 19.2 Å². The average Bonchev–Trinajstić information content (AvgIpc) is 1.94.